The Bertz CT molecular complexity index is 595. The Morgan fingerprint density at radius 2 is 2.08 bits per heavy atom. The van der Waals surface area contributed by atoms with Crippen LogP contribution in [0.15, 0.2) is 30.3 Å². The van der Waals surface area contributed by atoms with E-state index in [0.29, 0.717) is 6.42 Å². The number of amides is 1. The maximum absolute atomic E-state index is 12.3. The summed E-state index contributed by atoms with van der Waals surface area (Å²) in [6.45, 7) is 0.0591. The normalized spacial score (nSPS) is 21.2. The first-order chi connectivity index (χ1) is 11.5. The van der Waals surface area contributed by atoms with E-state index < -0.39 is 34.9 Å². The fourth-order valence-corrected chi connectivity index (χ4v) is 2.64. The predicted molar refractivity (Wildman–Crippen MR) is 84.7 cm³/mol. The number of carbonyl (C=O) groups excluding carboxylic acids is 1. The highest BCUT2D eigenvalue weighted by atomic mass is 16.6. The molecular formula is C15H20N4O5. The molecule has 24 heavy (non-hydrogen) atoms. The van der Waals surface area contributed by atoms with Crippen molar-refractivity contribution < 1.29 is 19.6 Å². The maximum atomic E-state index is 12.3. The van der Waals surface area contributed by atoms with Crippen LogP contribution in [-0.2, 0) is 16.0 Å². The van der Waals surface area contributed by atoms with Crippen LogP contribution in [0.1, 0.15) is 18.4 Å². The molecule has 0 saturated carbocycles. The summed E-state index contributed by atoms with van der Waals surface area (Å²) in [6.07, 6.45) is 0.620. The van der Waals surface area contributed by atoms with E-state index in [-0.39, 0.29) is 19.4 Å². The minimum Gasteiger partial charge on any atom is -0.481 e. The van der Waals surface area contributed by atoms with Gasteiger partial charge in [0.1, 0.15) is 0 Å². The molecule has 1 aliphatic rings. The van der Waals surface area contributed by atoms with Gasteiger partial charge in [-0.2, -0.15) is 0 Å². The summed E-state index contributed by atoms with van der Waals surface area (Å²) < 4.78 is 0. The number of rotatable bonds is 8. The number of hydrogen-bond donors (Lipinski definition) is 4. The molecule has 9 nitrogen and oxygen atoms in total. The molecule has 0 aromatic heterocycles. The van der Waals surface area contributed by atoms with Gasteiger partial charge < -0.3 is 10.4 Å². The number of benzene rings is 1. The molecule has 9 heteroatoms. The third-order valence-corrected chi connectivity index (χ3v) is 3.88. The molecule has 1 aliphatic heterocycles. The van der Waals surface area contributed by atoms with Crippen molar-refractivity contribution in [2.75, 3.05) is 6.54 Å². The Balaban J connectivity index is 2.02. The van der Waals surface area contributed by atoms with E-state index in [1.807, 2.05) is 30.3 Å². The molecule has 2 rings (SSSR count). The van der Waals surface area contributed by atoms with E-state index in [0.717, 1.165) is 5.56 Å². The number of carboxylic acid groups (broad SMARTS) is 1. The fourth-order valence-electron chi connectivity index (χ4n) is 2.64. The lowest BCUT2D eigenvalue weighted by Gasteiger charge is -2.21. The second kappa shape index (κ2) is 8.37. The van der Waals surface area contributed by atoms with Crippen molar-refractivity contribution in [2.24, 2.45) is 0 Å². The second-order valence-corrected chi connectivity index (χ2v) is 5.68. The number of carbonyl (C=O) groups is 2. The van der Waals surface area contributed by atoms with Crippen molar-refractivity contribution >= 4 is 11.9 Å². The van der Waals surface area contributed by atoms with Crippen LogP contribution in [-0.4, -0.2) is 46.6 Å². The lowest BCUT2D eigenvalue weighted by molar-refractivity contribution is -0.517. The Kier molecular flexibility index (Phi) is 6.21. The first kappa shape index (κ1) is 17.8. The SMILES string of the molecule is O=C(O)CCC(Cc1ccccc1)NC(=O)C1NNCC1[N+](=O)[O-]. The zero-order valence-electron chi connectivity index (χ0n) is 13.0. The van der Waals surface area contributed by atoms with E-state index in [1.54, 1.807) is 0 Å². The van der Waals surface area contributed by atoms with Crippen LogP contribution < -0.4 is 16.2 Å². The smallest absolute Gasteiger partial charge is 0.303 e. The van der Waals surface area contributed by atoms with Gasteiger partial charge in [0.2, 0.25) is 5.91 Å². The molecule has 0 spiro atoms. The molecule has 1 aromatic carbocycles. The molecule has 0 bridgehead atoms. The first-order valence-electron chi connectivity index (χ1n) is 7.65. The average molecular weight is 336 g/mol. The van der Waals surface area contributed by atoms with Gasteiger partial charge in [0.15, 0.2) is 6.04 Å². The molecule has 1 amide bonds. The topological polar surface area (TPSA) is 134 Å². The highest BCUT2D eigenvalue weighted by Gasteiger charge is 2.41. The predicted octanol–water partition coefficient (Wildman–Crippen LogP) is -0.300. The lowest BCUT2D eigenvalue weighted by atomic mass is 10.0. The fraction of sp³-hybridized carbons (Fsp3) is 0.467. The number of nitrogens with one attached hydrogen (secondary N) is 3. The quantitative estimate of drug-likeness (QED) is 0.378. The molecular weight excluding hydrogens is 316 g/mol. The Labute approximate surface area is 138 Å². The van der Waals surface area contributed by atoms with Gasteiger partial charge in [0, 0.05) is 17.4 Å². The van der Waals surface area contributed by atoms with Crippen LogP contribution >= 0.6 is 0 Å². The Morgan fingerprint density at radius 3 is 2.71 bits per heavy atom. The van der Waals surface area contributed by atoms with Gasteiger partial charge in [0.25, 0.3) is 6.04 Å². The van der Waals surface area contributed by atoms with E-state index in [9.17, 15) is 19.7 Å². The Hall–Kier alpha value is -2.52. The highest BCUT2D eigenvalue weighted by molar-refractivity contribution is 5.83. The first-order valence-corrected chi connectivity index (χ1v) is 7.65. The van der Waals surface area contributed by atoms with E-state index in [4.69, 9.17) is 5.11 Å². The van der Waals surface area contributed by atoms with Crippen LogP contribution in [0, 0.1) is 10.1 Å². The van der Waals surface area contributed by atoms with Crippen molar-refractivity contribution in [3.8, 4) is 0 Å². The third kappa shape index (κ3) is 5.00. The summed E-state index contributed by atoms with van der Waals surface area (Å²) in [5.41, 5.74) is 6.17. The maximum Gasteiger partial charge on any atom is 0.303 e. The largest absolute Gasteiger partial charge is 0.481 e. The summed E-state index contributed by atoms with van der Waals surface area (Å²) >= 11 is 0. The number of aliphatic carboxylic acids is 1. The lowest BCUT2D eigenvalue weighted by Crippen LogP contribution is -2.52. The number of nitro groups is 1. The standard InChI is InChI=1S/C15H20N4O5/c20-13(21)7-6-11(8-10-4-2-1-3-5-10)17-15(22)14-12(19(23)24)9-16-18-14/h1-5,11-12,14,16,18H,6-9H2,(H,17,22)(H,20,21). The van der Waals surface area contributed by atoms with Gasteiger partial charge in [-0.05, 0) is 18.4 Å². The van der Waals surface area contributed by atoms with Gasteiger partial charge in [-0.3, -0.25) is 19.7 Å². The molecule has 1 heterocycles. The summed E-state index contributed by atoms with van der Waals surface area (Å²) in [7, 11) is 0. The summed E-state index contributed by atoms with van der Waals surface area (Å²) in [5.74, 6) is -1.46. The van der Waals surface area contributed by atoms with E-state index >= 15 is 0 Å². The molecule has 130 valence electrons. The van der Waals surface area contributed by atoms with Crippen molar-refractivity contribution in [3.63, 3.8) is 0 Å². The monoisotopic (exact) mass is 336 g/mol. The number of hydrogen-bond acceptors (Lipinski definition) is 6. The van der Waals surface area contributed by atoms with Crippen LogP contribution in [0.4, 0.5) is 0 Å². The molecule has 0 radical (unpaired) electrons. The minimum absolute atomic E-state index is 0.0591. The van der Waals surface area contributed by atoms with Crippen LogP contribution in [0.2, 0.25) is 0 Å². The second-order valence-electron chi connectivity index (χ2n) is 5.68. The van der Waals surface area contributed by atoms with Crippen molar-refractivity contribution in [3.05, 3.63) is 46.0 Å². The van der Waals surface area contributed by atoms with Gasteiger partial charge in [-0.25, -0.2) is 10.9 Å². The molecule has 4 N–H and O–H groups in total. The number of nitrogens with zero attached hydrogens (tertiary/aromatic N) is 1. The van der Waals surface area contributed by atoms with E-state index in [2.05, 4.69) is 16.2 Å². The summed E-state index contributed by atoms with van der Waals surface area (Å²) in [6, 6.07) is 6.90. The number of hydrazine groups is 1. The van der Waals surface area contributed by atoms with Gasteiger partial charge in [-0.15, -0.1) is 0 Å². The number of carboxylic acids is 1. The zero-order chi connectivity index (χ0) is 17.5. The summed E-state index contributed by atoms with van der Waals surface area (Å²) in [4.78, 5) is 33.6. The minimum atomic E-state index is -1.05. The van der Waals surface area contributed by atoms with E-state index in [1.165, 1.54) is 0 Å². The average Bonchev–Trinajstić information content (AvgIpc) is 3.03. The van der Waals surface area contributed by atoms with Crippen LogP contribution in [0.25, 0.3) is 0 Å². The molecule has 3 atom stereocenters. The molecule has 1 saturated heterocycles. The molecule has 0 aliphatic carbocycles. The zero-order valence-corrected chi connectivity index (χ0v) is 13.0. The summed E-state index contributed by atoms with van der Waals surface area (Å²) in [5, 5.41) is 22.6. The Morgan fingerprint density at radius 1 is 1.38 bits per heavy atom. The molecule has 1 aromatic rings. The van der Waals surface area contributed by atoms with Crippen molar-refractivity contribution in [1.29, 1.82) is 0 Å². The molecule has 1 fully saturated rings. The van der Waals surface area contributed by atoms with Crippen molar-refractivity contribution in [2.45, 2.75) is 37.4 Å². The van der Waals surface area contributed by atoms with Gasteiger partial charge >= 0.3 is 5.97 Å². The van der Waals surface area contributed by atoms with Gasteiger partial charge in [-0.1, -0.05) is 30.3 Å². The van der Waals surface area contributed by atoms with Crippen molar-refractivity contribution in [1.82, 2.24) is 16.2 Å². The van der Waals surface area contributed by atoms with Crippen LogP contribution in [0.5, 0.6) is 0 Å². The van der Waals surface area contributed by atoms with Crippen LogP contribution in [0.3, 0.4) is 0 Å². The van der Waals surface area contributed by atoms with Gasteiger partial charge in [0.05, 0.1) is 6.54 Å². The molecule has 3 unspecified atom stereocenters. The highest BCUT2D eigenvalue weighted by Crippen LogP contribution is 2.10. The third-order valence-electron chi connectivity index (χ3n) is 3.88.